The number of rotatable bonds is 3. The van der Waals surface area contributed by atoms with Crippen LogP contribution >= 0.6 is 22.9 Å². The highest BCUT2D eigenvalue weighted by Gasteiger charge is 2.14. The average Bonchev–Trinajstić information content (AvgIpc) is 2.83. The van der Waals surface area contributed by atoms with Gasteiger partial charge in [-0.15, -0.1) is 4.40 Å². The fourth-order valence-corrected chi connectivity index (χ4v) is 4.96. The highest BCUT2D eigenvalue weighted by Crippen LogP contribution is 2.23. The van der Waals surface area contributed by atoms with Gasteiger partial charge in [-0.2, -0.15) is 8.42 Å². The molecule has 7 heteroatoms. The summed E-state index contributed by atoms with van der Waals surface area (Å²) in [5.74, 6) is 0. The maximum absolute atomic E-state index is 12.6. The van der Waals surface area contributed by atoms with Crippen LogP contribution in [0.1, 0.15) is 18.1 Å². The lowest BCUT2D eigenvalue weighted by atomic mass is 10.1. The summed E-state index contributed by atoms with van der Waals surface area (Å²) in [4.78, 5) is 0.617. The van der Waals surface area contributed by atoms with Crippen molar-refractivity contribution in [2.45, 2.75) is 32.2 Å². The third-order valence-corrected chi connectivity index (χ3v) is 6.61. The van der Waals surface area contributed by atoms with Crippen molar-refractivity contribution in [1.82, 2.24) is 4.57 Å². The Morgan fingerprint density at radius 3 is 2.38 bits per heavy atom. The number of halogens is 1. The average molecular weight is 381 g/mol. The van der Waals surface area contributed by atoms with Crippen LogP contribution < -0.4 is 4.80 Å². The molecule has 0 saturated heterocycles. The molecular weight excluding hydrogens is 364 g/mol. The molecule has 3 rings (SSSR count). The Hall–Kier alpha value is -1.63. The number of hydrogen-bond donors (Lipinski definition) is 0. The van der Waals surface area contributed by atoms with Crippen molar-refractivity contribution >= 4 is 43.2 Å². The minimum absolute atomic E-state index is 0.138. The number of thiazole rings is 1. The molecule has 0 amide bonds. The van der Waals surface area contributed by atoms with Gasteiger partial charge in [-0.1, -0.05) is 22.9 Å². The van der Waals surface area contributed by atoms with Gasteiger partial charge in [0.15, 0.2) is 0 Å². The van der Waals surface area contributed by atoms with Gasteiger partial charge in [0.25, 0.3) is 10.0 Å². The second kappa shape index (κ2) is 6.35. The van der Waals surface area contributed by atoms with E-state index >= 15 is 0 Å². The maximum Gasteiger partial charge on any atom is 0.285 e. The largest absolute Gasteiger partial charge is 0.316 e. The van der Waals surface area contributed by atoms with E-state index in [1.54, 1.807) is 12.1 Å². The van der Waals surface area contributed by atoms with Crippen LogP contribution in [0.3, 0.4) is 0 Å². The van der Waals surface area contributed by atoms with Crippen molar-refractivity contribution in [1.29, 1.82) is 0 Å². The third kappa shape index (κ3) is 3.14. The topological polar surface area (TPSA) is 51.4 Å². The molecule has 0 radical (unpaired) electrons. The van der Waals surface area contributed by atoms with E-state index in [0.29, 0.717) is 16.4 Å². The van der Waals surface area contributed by atoms with Crippen LogP contribution in [0, 0.1) is 13.8 Å². The van der Waals surface area contributed by atoms with Crippen molar-refractivity contribution in [3.63, 3.8) is 0 Å². The first-order valence-electron chi connectivity index (χ1n) is 7.49. The second-order valence-electron chi connectivity index (χ2n) is 5.55. The summed E-state index contributed by atoms with van der Waals surface area (Å²) >= 11 is 7.21. The van der Waals surface area contributed by atoms with E-state index in [1.165, 1.54) is 34.6 Å². The van der Waals surface area contributed by atoms with Crippen molar-refractivity contribution in [2.75, 3.05) is 0 Å². The molecule has 0 N–H and O–H groups in total. The summed E-state index contributed by atoms with van der Waals surface area (Å²) in [6.07, 6.45) is 0. The first-order valence-corrected chi connectivity index (χ1v) is 10.1. The molecule has 126 valence electrons. The van der Waals surface area contributed by atoms with E-state index in [4.69, 9.17) is 11.6 Å². The van der Waals surface area contributed by atoms with Crippen LogP contribution in [0.15, 0.2) is 45.7 Å². The van der Waals surface area contributed by atoms with Crippen molar-refractivity contribution in [3.8, 4) is 0 Å². The molecular formula is C17H17ClN2O2S2. The molecule has 24 heavy (non-hydrogen) atoms. The number of nitrogens with zero attached hydrogens (tertiary/aromatic N) is 2. The fraction of sp³-hybridized carbons (Fsp3) is 0.235. The summed E-state index contributed by atoms with van der Waals surface area (Å²) in [5.41, 5.74) is 3.37. The van der Waals surface area contributed by atoms with Crippen LogP contribution in [0.5, 0.6) is 0 Å². The molecule has 0 aliphatic heterocycles. The zero-order valence-electron chi connectivity index (χ0n) is 13.6. The molecule has 4 nitrogen and oxygen atoms in total. The molecule has 3 aromatic rings. The first-order chi connectivity index (χ1) is 11.3. The van der Waals surface area contributed by atoms with Gasteiger partial charge in [-0.3, -0.25) is 0 Å². The summed E-state index contributed by atoms with van der Waals surface area (Å²) in [7, 11) is -3.77. The van der Waals surface area contributed by atoms with Gasteiger partial charge in [-0.25, -0.2) is 0 Å². The first kappa shape index (κ1) is 17.2. The van der Waals surface area contributed by atoms with Crippen molar-refractivity contribution < 1.29 is 8.42 Å². The van der Waals surface area contributed by atoms with Gasteiger partial charge in [0.1, 0.15) is 0 Å². The van der Waals surface area contributed by atoms with Gasteiger partial charge < -0.3 is 4.57 Å². The Bertz CT molecular complexity index is 1080. The molecule has 0 unspecified atom stereocenters. The smallest absolute Gasteiger partial charge is 0.285 e. The van der Waals surface area contributed by atoms with Crippen LogP contribution in [-0.4, -0.2) is 13.0 Å². The fourth-order valence-electron chi connectivity index (χ4n) is 2.46. The van der Waals surface area contributed by atoms with E-state index in [0.717, 1.165) is 10.2 Å². The molecule has 0 saturated carbocycles. The third-order valence-electron chi connectivity index (χ3n) is 3.92. The Labute approximate surface area is 150 Å². The number of benzene rings is 2. The maximum atomic E-state index is 12.6. The van der Waals surface area contributed by atoms with E-state index < -0.39 is 10.0 Å². The quantitative estimate of drug-likeness (QED) is 0.680. The zero-order valence-corrected chi connectivity index (χ0v) is 16.0. The summed E-state index contributed by atoms with van der Waals surface area (Å²) in [6.45, 7) is 6.73. The Morgan fingerprint density at radius 2 is 1.75 bits per heavy atom. The number of aromatic nitrogens is 1. The highest BCUT2D eigenvalue weighted by molar-refractivity contribution is 7.90. The molecule has 0 atom stereocenters. The SMILES string of the molecule is CCn1c(=NS(=O)(=O)c2ccc(Cl)cc2)sc2cc(C)c(C)cc21. The van der Waals surface area contributed by atoms with Crippen LogP contribution in [0.25, 0.3) is 10.2 Å². The Kier molecular flexibility index (Phi) is 4.55. The summed E-state index contributed by atoms with van der Waals surface area (Å²) < 4.78 is 32.2. The van der Waals surface area contributed by atoms with Crippen molar-refractivity contribution in [2.24, 2.45) is 4.40 Å². The van der Waals surface area contributed by atoms with E-state index in [9.17, 15) is 8.42 Å². The monoisotopic (exact) mass is 380 g/mol. The number of hydrogen-bond acceptors (Lipinski definition) is 3. The standard InChI is InChI=1S/C17H17ClN2O2S2/c1-4-20-15-9-11(2)12(3)10-16(15)23-17(20)19-24(21,22)14-7-5-13(18)6-8-14/h5-10H,4H2,1-3H3. The molecule has 0 spiro atoms. The Balaban J connectivity index is 2.24. The molecule has 0 bridgehead atoms. The molecule has 1 heterocycles. The van der Waals surface area contributed by atoms with Crippen molar-refractivity contribution in [3.05, 3.63) is 57.3 Å². The van der Waals surface area contributed by atoms with Crippen LogP contribution in [-0.2, 0) is 16.6 Å². The minimum Gasteiger partial charge on any atom is -0.316 e. The number of sulfonamides is 1. The summed E-state index contributed by atoms with van der Waals surface area (Å²) in [5, 5.41) is 0.491. The lowest BCUT2D eigenvalue weighted by molar-refractivity contribution is 0.595. The molecule has 0 fully saturated rings. The van der Waals surface area contributed by atoms with Gasteiger partial charge in [-0.05, 0) is 68.3 Å². The normalized spacial score (nSPS) is 12.9. The van der Waals surface area contributed by atoms with Crippen LogP contribution in [0.2, 0.25) is 5.02 Å². The van der Waals surface area contributed by atoms with Gasteiger partial charge in [0, 0.05) is 11.6 Å². The predicted molar refractivity (Wildman–Crippen MR) is 99.2 cm³/mol. The Morgan fingerprint density at radius 1 is 1.12 bits per heavy atom. The van der Waals surface area contributed by atoms with Gasteiger partial charge in [0.05, 0.1) is 15.1 Å². The lowest BCUT2D eigenvalue weighted by Crippen LogP contribution is -2.16. The van der Waals surface area contributed by atoms with Gasteiger partial charge >= 0.3 is 0 Å². The predicted octanol–water partition coefficient (Wildman–Crippen LogP) is 4.28. The second-order valence-corrected chi connectivity index (χ2v) is 8.60. The van der Waals surface area contributed by atoms with E-state index in [-0.39, 0.29) is 4.90 Å². The van der Waals surface area contributed by atoms with Gasteiger partial charge in [0.2, 0.25) is 4.80 Å². The number of fused-ring (bicyclic) bond motifs is 1. The van der Waals surface area contributed by atoms with E-state index in [2.05, 4.69) is 16.5 Å². The molecule has 2 aromatic carbocycles. The molecule has 0 aliphatic rings. The highest BCUT2D eigenvalue weighted by atomic mass is 35.5. The minimum atomic E-state index is -3.77. The van der Waals surface area contributed by atoms with Crippen LogP contribution in [0.4, 0.5) is 0 Å². The number of aryl methyl sites for hydroxylation is 3. The zero-order chi connectivity index (χ0) is 17.5. The summed E-state index contributed by atoms with van der Waals surface area (Å²) in [6, 6.07) is 10.2. The molecule has 0 aliphatic carbocycles. The molecule has 1 aromatic heterocycles. The lowest BCUT2D eigenvalue weighted by Gasteiger charge is -2.04. The van der Waals surface area contributed by atoms with E-state index in [1.807, 2.05) is 25.3 Å².